The molecule has 2 aliphatic carbocycles. The van der Waals surface area contributed by atoms with Gasteiger partial charge >= 0.3 is 29.6 Å². The van der Waals surface area contributed by atoms with Gasteiger partial charge in [0.15, 0.2) is 11.6 Å². The van der Waals surface area contributed by atoms with Gasteiger partial charge in [-0.2, -0.15) is 0 Å². The van der Waals surface area contributed by atoms with Crippen molar-refractivity contribution in [2.75, 3.05) is 11.1 Å². The Hall–Kier alpha value is -2.49. The van der Waals surface area contributed by atoms with Crippen LogP contribution in [0.3, 0.4) is 0 Å². The van der Waals surface area contributed by atoms with E-state index in [9.17, 15) is 22.6 Å². The minimum absolute atomic E-state index is 0. The van der Waals surface area contributed by atoms with Crippen LogP contribution in [0.5, 0.6) is 0 Å². The van der Waals surface area contributed by atoms with Gasteiger partial charge in [-0.1, -0.05) is 30.3 Å². The molecule has 5 rings (SSSR count). The Labute approximate surface area is 207 Å². The smallest absolute Gasteiger partial charge is 0.744 e. The molecule has 7 nitrogen and oxygen atoms in total. The summed E-state index contributed by atoms with van der Waals surface area (Å²) in [5, 5.41) is 3.05. The summed E-state index contributed by atoms with van der Waals surface area (Å²) in [7, 11) is -4.99. The predicted octanol–water partition coefficient (Wildman–Crippen LogP) is 0.185. The van der Waals surface area contributed by atoms with E-state index in [0.29, 0.717) is 5.69 Å². The van der Waals surface area contributed by atoms with Gasteiger partial charge in [-0.05, 0) is 48.6 Å². The van der Waals surface area contributed by atoms with Crippen LogP contribution in [0.4, 0.5) is 17.1 Å². The molecule has 0 aromatic heterocycles. The van der Waals surface area contributed by atoms with E-state index < -0.39 is 32.3 Å². The van der Waals surface area contributed by atoms with Gasteiger partial charge in [0.2, 0.25) is 0 Å². The Morgan fingerprint density at radius 2 is 1.50 bits per heavy atom. The van der Waals surface area contributed by atoms with Gasteiger partial charge in [-0.25, -0.2) is 8.42 Å². The second-order valence-electron chi connectivity index (χ2n) is 7.71. The zero-order valence-corrected chi connectivity index (χ0v) is 20.1. The van der Waals surface area contributed by atoms with Crippen molar-refractivity contribution in [3.05, 3.63) is 81.9 Å². The summed E-state index contributed by atoms with van der Waals surface area (Å²) in [5.74, 6) is -1.05. The minimum Gasteiger partial charge on any atom is -0.744 e. The first kappa shape index (κ1) is 22.7. The topological polar surface area (TPSA) is 129 Å². The van der Waals surface area contributed by atoms with Crippen molar-refractivity contribution in [2.45, 2.75) is 24.2 Å². The zero-order valence-electron chi connectivity index (χ0n) is 17.3. The fourth-order valence-corrected chi connectivity index (χ4v) is 5.04. The molecule has 0 heterocycles. The summed E-state index contributed by atoms with van der Waals surface area (Å²) in [4.78, 5) is 25.7. The number of ketones is 2. The maximum Gasteiger partial charge on any atom is 1.00 e. The van der Waals surface area contributed by atoms with Gasteiger partial charge < -0.3 is 15.6 Å². The molecule has 0 radical (unpaired) electrons. The molecule has 32 heavy (non-hydrogen) atoms. The first-order chi connectivity index (χ1) is 14.8. The molecule has 0 fully saturated rings. The van der Waals surface area contributed by atoms with Gasteiger partial charge in [0.25, 0.3) is 0 Å². The maximum absolute atomic E-state index is 13.3. The fourth-order valence-electron chi connectivity index (χ4n) is 4.40. The van der Waals surface area contributed by atoms with Crippen molar-refractivity contribution in [3.63, 3.8) is 0 Å². The molecule has 0 amide bonds. The number of nitrogens with two attached hydrogens (primary N) is 1. The molecular weight excluding hydrogens is 439 g/mol. The van der Waals surface area contributed by atoms with Gasteiger partial charge in [0.05, 0.1) is 27.4 Å². The number of nitrogens with one attached hydrogen (secondary N) is 1. The van der Waals surface area contributed by atoms with E-state index in [0.717, 1.165) is 25.3 Å². The molecule has 0 saturated carbocycles. The van der Waals surface area contributed by atoms with Gasteiger partial charge in [0, 0.05) is 16.8 Å². The number of fused-ring (bicyclic) bond motifs is 3. The summed E-state index contributed by atoms with van der Waals surface area (Å²) in [6, 6.07) is 13.0. The Morgan fingerprint density at radius 3 is 2.16 bits per heavy atom. The second-order valence-corrected chi connectivity index (χ2v) is 9.05. The zero-order chi connectivity index (χ0) is 21.9. The molecule has 0 bridgehead atoms. The SMILES string of the molecule is Nc1c(S(=O)(=O)[O-])cc(Nc2ccc3c(c2)CCC3)c2c1C(=O)c1ccccc1C2=O.[Na+]. The maximum atomic E-state index is 13.3. The molecule has 9 heteroatoms. The van der Waals surface area contributed by atoms with Crippen molar-refractivity contribution in [2.24, 2.45) is 0 Å². The number of anilines is 3. The minimum atomic E-state index is -4.99. The Balaban J connectivity index is 0.00000245. The fraction of sp³-hybridized carbons (Fsp3) is 0.130. The largest absolute Gasteiger partial charge is 1.00 e. The van der Waals surface area contributed by atoms with Crippen LogP contribution in [0.15, 0.2) is 53.4 Å². The quantitative estimate of drug-likeness (QED) is 0.256. The molecule has 3 N–H and O–H groups in total. The third kappa shape index (κ3) is 3.58. The van der Waals surface area contributed by atoms with Gasteiger partial charge in [-0.3, -0.25) is 9.59 Å². The Kier molecular flexibility index (Phi) is 5.77. The third-order valence-corrected chi connectivity index (χ3v) is 6.72. The summed E-state index contributed by atoms with van der Waals surface area (Å²) < 4.78 is 35.6. The van der Waals surface area contributed by atoms with Crippen molar-refractivity contribution < 1.29 is 52.1 Å². The number of rotatable bonds is 3. The Bertz CT molecular complexity index is 1420. The number of hydrogen-bond donors (Lipinski definition) is 2. The predicted molar refractivity (Wildman–Crippen MR) is 114 cm³/mol. The summed E-state index contributed by atoms with van der Waals surface area (Å²) in [5.41, 5.74) is 8.58. The van der Waals surface area contributed by atoms with Crippen LogP contribution in [0.1, 0.15) is 49.4 Å². The van der Waals surface area contributed by atoms with Crippen LogP contribution in [-0.2, 0) is 23.0 Å². The number of aryl methyl sites for hydroxylation is 2. The molecule has 0 saturated heterocycles. The van der Waals surface area contributed by atoms with E-state index in [1.807, 2.05) is 18.2 Å². The normalized spacial score (nSPS) is 14.3. The van der Waals surface area contributed by atoms with E-state index in [1.165, 1.54) is 23.3 Å². The molecular formula is C23H17N2NaO5S. The van der Waals surface area contributed by atoms with E-state index >= 15 is 0 Å². The average Bonchev–Trinajstić information content (AvgIpc) is 3.20. The van der Waals surface area contributed by atoms with Crippen LogP contribution in [0.2, 0.25) is 0 Å². The first-order valence-corrected chi connectivity index (χ1v) is 11.2. The number of carbonyl (C=O) groups is 2. The van der Waals surface area contributed by atoms with Crippen molar-refractivity contribution in [1.82, 2.24) is 0 Å². The van der Waals surface area contributed by atoms with Gasteiger partial charge in [0.1, 0.15) is 10.1 Å². The second kappa shape index (κ2) is 8.13. The first-order valence-electron chi connectivity index (χ1n) is 9.75. The van der Waals surface area contributed by atoms with Crippen LogP contribution >= 0.6 is 0 Å². The average molecular weight is 456 g/mol. The van der Waals surface area contributed by atoms with E-state index in [-0.39, 0.29) is 57.5 Å². The summed E-state index contributed by atoms with van der Waals surface area (Å²) in [6.07, 6.45) is 2.98. The molecule has 0 aliphatic heterocycles. The van der Waals surface area contributed by atoms with Crippen molar-refractivity contribution in [1.29, 1.82) is 0 Å². The monoisotopic (exact) mass is 456 g/mol. The summed E-state index contributed by atoms with van der Waals surface area (Å²) >= 11 is 0. The molecule has 156 valence electrons. The van der Waals surface area contributed by atoms with Crippen LogP contribution in [0, 0.1) is 0 Å². The van der Waals surface area contributed by atoms with Crippen molar-refractivity contribution >= 4 is 38.7 Å². The molecule has 3 aromatic carbocycles. The van der Waals surface area contributed by atoms with Crippen LogP contribution in [0.25, 0.3) is 0 Å². The van der Waals surface area contributed by atoms with Crippen LogP contribution in [-0.4, -0.2) is 24.5 Å². The number of hydrogen-bond acceptors (Lipinski definition) is 7. The third-order valence-electron chi connectivity index (χ3n) is 5.85. The standard InChI is InChI=1S/C23H18N2O5S.Na/c24-21-18(31(28,29)30)11-17(25-14-9-8-12-4-3-5-13(12)10-14)19-20(21)23(27)16-7-2-1-6-15(16)22(19)26;/h1-2,6-11,25H,3-5,24H2,(H,28,29,30);/q;+1/p-1. The molecule has 0 atom stereocenters. The summed E-state index contributed by atoms with van der Waals surface area (Å²) in [6.45, 7) is 0. The molecule has 0 unspecified atom stereocenters. The number of carbonyl (C=O) groups excluding carboxylic acids is 2. The molecule has 2 aliphatic rings. The number of benzene rings is 3. The molecule has 3 aromatic rings. The Morgan fingerprint density at radius 1 is 0.875 bits per heavy atom. The van der Waals surface area contributed by atoms with E-state index in [4.69, 9.17) is 5.73 Å². The van der Waals surface area contributed by atoms with E-state index in [2.05, 4.69) is 5.32 Å². The van der Waals surface area contributed by atoms with Crippen molar-refractivity contribution in [3.8, 4) is 0 Å². The van der Waals surface area contributed by atoms with Gasteiger partial charge in [-0.15, -0.1) is 0 Å². The van der Waals surface area contributed by atoms with E-state index in [1.54, 1.807) is 12.1 Å². The number of nitrogen functional groups attached to an aromatic ring is 1. The molecule has 0 spiro atoms. The van der Waals surface area contributed by atoms with Crippen LogP contribution < -0.4 is 40.6 Å².